The molecule has 0 spiro atoms. The van der Waals surface area contributed by atoms with Gasteiger partial charge in [0.2, 0.25) is 5.91 Å². The average molecular weight is 269 g/mol. The van der Waals surface area contributed by atoms with Crippen molar-refractivity contribution in [1.29, 1.82) is 0 Å². The molecular formula is C16H19N3O. The fourth-order valence-corrected chi connectivity index (χ4v) is 2.70. The van der Waals surface area contributed by atoms with Crippen LogP contribution in [0.25, 0.3) is 10.9 Å². The highest BCUT2D eigenvalue weighted by molar-refractivity contribution is 6.00. The molecule has 1 saturated heterocycles. The lowest BCUT2D eigenvalue weighted by molar-refractivity contribution is -0.116. The molecule has 1 aromatic carbocycles. The highest BCUT2D eigenvalue weighted by Gasteiger charge is 2.18. The second kappa shape index (κ2) is 5.59. The Hall–Kier alpha value is -1.94. The van der Waals surface area contributed by atoms with E-state index in [-0.39, 0.29) is 5.91 Å². The topological polar surface area (TPSA) is 54.0 Å². The third kappa shape index (κ3) is 2.80. The van der Waals surface area contributed by atoms with Crippen molar-refractivity contribution in [1.82, 2.24) is 10.3 Å². The predicted molar refractivity (Wildman–Crippen MR) is 80.8 cm³/mol. The van der Waals surface area contributed by atoms with Gasteiger partial charge in [0.05, 0.1) is 11.2 Å². The SMILES string of the molecule is Cc1ccc2cccc(NC(=O)CC3CCCN3)c2n1. The van der Waals surface area contributed by atoms with Gasteiger partial charge in [0.1, 0.15) is 0 Å². The normalized spacial score (nSPS) is 18.4. The summed E-state index contributed by atoms with van der Waals surface area (Å²) in [5, 5.41) is 7.39. The van der Waals surface area contributed by atoms with Crippen molar-refractivity contribution in [2.75, 3.05) is 11.9 Å². The second-order valence-corrected chi connectivity index (χ2v) is 5.38. The molecule has 1 unspecified atom stereocenters. The first-order valence-corrected chi connectivity index (χ1v) is 7.12. The predicted octanol–water partition coefficient (Wildman–Crippen LogP) is 2.62. The molecule has 0 aliphatic carbocycles. The van der Waals surface area contributed by atoms with Crippen molar-refractivity contribution >= 4 is 22.5 Å². The van der Waals surface area contributed by atoms with E-state index in [1.807, 2.05) is 37.3 Å². The molecule has 2 aromatic rings. The summed E-state index contributed by atoms with van der Waals surface area (Å²) in [6.07, 6.45) is 2.77. The average Bonchev–Trinajstić information content (AvgIpc) is 2.92. The Morgan fingerprint density at radius 3 is 3.10 bits per heavy atom. The van der Waals surface area contributed by atoms with E-state index in [0.717, 1.165) is 41.7 Å². The van der Waals surface area contributed by atoms with Crippen LogP contribution in [0.4, 0.5) is 5.69 Å². The van der Waals surface area contributed by atoms with E-state index in [1.165, 1.54) is 0 Å². The van der Waals surface area contributed by atoms with Crippen LogP contribution in [-0.2, 0) is 4.79 Å². The molecule has 104 valence electrons. The zero-order valence-corrected chi connectivity index (χ0v) is 11.6. The van der Waals surface area contributed by atoms with Gasteiger partial charge in [-0.2, -0.15) is 0 Å². The van der Waals surface area contributed by atoms with Crippen LogP contribution in [-0.4, -0.2) is 23.5 Å². The molecule has 0 saturated carbocycles. The minimum atomic E-state index is 0.0557. The van der Waals surface area contributed by atoms with Gasteiger partial charge in [-0.3, -0.25) is 9.78 Å². The standard InChI is InChI=1S/C16H19N3O/c1-11-7-8-12-4-2-6-14(16(12)18-11)19-15(20)10-13-5-3-9-17-13/h2,4,6-8,13,17H,3,5,9-10H2,1H3,(H,19,20). The highest BCUT2D eigenvalue weighted by Crippen LogP contribution is 2.22. The number of hydrogen-bond donors (Lipinski definition) is 2. The maximum absolute atomic E-state index is 12.1. The number of amides is 1. The maximum atomic E-state index is 12.1. The van der Waals surface area contributed by atoms with Gasteiger partial charge in [0, 0.05) is 23.5 Å². The second-order valence-electron chi connectivity index (χ2n) is 5.38. The largest absolute Gasteiger partial charge is 0.324 e. The van der Waals surface area contributed by atoms with E-state index in [4.69, 9.17) is 0 Å². The van der Waals surface area contributed by atoms with Crippen LogP contribution in [0.1, 0.15) is 25.0 Å². The Kier molecular flexibility index (Phi) is 3.65. The van der Waals surface area contributed by atoms with Crippen LogP contribution in [0.3, 0.4) is 0 Å². The summed E-state index contributed by atoms with van der Waals surface area (Å²) in [5.41, 5.74) is 2.62. The lowest BCUT2D eigenvalue weighted by Gasteiger charge is -2.12. The van der Waals surface area contributed by atoms with Gasteiger partial charge in [-0.05, 0) is 38.4 Å². The minimum Gasteiger partial charge on any atom is -0.324 e. The summed E-state index contributed by atoms with van der Waals surface area (Å²) < 4.78 is 0. The van der Waals surface area contributed by atoms with Crippen LogP contribution < -0.4 is 10.6 Å². The molecule has 1 aromatic heterocycles. The molecule has 3 rings (SSSR count). The van der Waals surface area contributed by atoms with Crippen molar-refractivity contribution in [3.63, 3.8) is 0 Å². The molecule has 1 fully saturated rings. The first-order chi connectivity index (χ1) is 9.72. The highest BCUT2D eigenvalue weighted by atomic mass is 16.1. The van der Waals surface area contributed by atoms with Gasteiger partial charge < -0.3 is 10.6 Å². The van der Waals surface area contributed by atoms with E-state index in [9.17, 15) is 4.79 Å². The van der Waals surface area contributed by atoms with Gasteiger partial charge in [-0.15, -0.1) is 0 Å². The molecule has 1 atom stereocenters. The molecule has 2 N–H and O–H groups in total. The number of nitrogens with zero attached hydrogens (tertiary/aromatic N) is 1. The lowest BCUT2D eigenvalue weighted by atomic mass is 10.1. The van der Waals surface area contributed by atoms with E-state index < -0.39 is 0 Å². The number of nitrogens with one attached hydrogen (secondary N) is 2. The summed E-state index contributed by atoms with van der Waals surface area (Å²) in [4.78, 5) is 16.6. The molecule has 2 heterocycles. The Bertz CT molecular complexity index is 633. The van der Waals surface area contributed by atoms with Crippen molar-refractivity contribution in [2.45, 2.75) is 32.2 Å². The maximum Gasteiger partial charge on any atom is 0.225 e. The van der Waals surface area contributed by atoms with Gasteiger partial charge >= 0.3 is 0 Å². The molecular weight excluding hydrogens is 250 g/mol. The lowest BCUT2D eigenvalue weighted by Crippen LogP contribution is -2.27. The van der Waals surface area contributed by atoms with E-state index in [2.05, 4.69) is 15.6 Å². The van der Waals surface area contributed by atoms with Gasteiger partial charge in [-0.25, -0.2) is 0 Å². The molecule has 0 bridgehead atoms. The Balaban J connectivity index is 1.79. The third-order valence-electron chi connectivity index (χ3n) is 3.73. The van der Waals surface area contributed by atoms with Gasteiger partial charge in [0.15, 0.2) is 0 Å². The summed E-state index contributed by atoms with van der Waals surface area (Å²) in [5.74, 6) is 0.0557. The number of benzene rings is 1. The molecule has 0 radical (unpaired) electrons. The molecule has 1 aliphatic rings. The van der Waals surface area contributed by atoms with Crippen molar-refractivity contribution in [3.05, 3.63) is 36.0 Å². The molecule has 4 nitrogen and oxygen atoms in total. The first kappa shape index (κ1) is 13.1. The smallest absolute Gasteiger partial charge is 0.225 e. The van der Waals surface area contributed by atoms with E-state index in [1.54, 1.807) is 0 Å². The molecule has 1 aliphatic heterocycles. The number of anilines is 1. The van der Waals surface area contributed by atoms with E-state index >= 15 is 0 Å². The van der Waals surface area contributed by atoms with E-state index in [0.29, 0.717) is 12.5 Å². The molecule has 1 amide bonds. The number of rotatable bonds is 3. The zero-order valence-electron chi connectivity index (χ0n) is 11.6. The minimum absolute atomic E-state index is 0.0557. The van der Waals surface area contributed by atoms with Crippen LogP contribution in [0.5, 0.6) is 0 Å². The third-order valence-corrected chi connectivity index (χ3v) is 3.73. The number of fused-ring (bicyclic) bond motifs is 1. The van der Waals surface area contributed by atoms with Crippen LogP contribution >= 0.6 is 0 Å². The fourth-order valence-electron chi connectivity index (χ4n) is 2.70. The number of hydrogen-bond acceptors (Lipinski definition) is 3. The number of aromatic nitrogens is 1. The fraction of sp³-hybridized carbons (Fsp3) is 0.375. The zero-order chi connectivity index (χ0) is 13.9. The van der Waals surface area contributed by atoms with Gasteiger partial charge in [0.25, 0.3) is 0 Å². The quantitative estimate of drug-likeness (QED) is 0.900. The number of carbonyl (C=O) groups excluding carboxylic acids is 1. The summed E-state index contributed by atoms with van der Waals surface area (Å²) in [6.45, 7) is 2.98. The van der Waals surface area contributed by atoms with Crippen molar-refractivity contribution < 1.29 is 4.79 Å². The number of pyridine rings is 1. The number of aryl methyl sites for hydroxylation is 1. The van der Waals surface area contributed by atoms with Crippen molar-refractivity contribution in [3.8, 4) is 0 Å². The monoisotopic (exact) mass is 269 g/mol. The molecule has 4 heteroatoms. The summed E-state index contributed by atoms with van der Waals surface area (Å²) >= 11 is 0. The van der Waals surface area contributed by atoms with Crippen LogP contribution in [0.2, 0.25) is 0 Å². The Labute approximate surface area is 118 Å². The van der Waals surface area contributed by atoms with Crippen LogP contribution in [0.15, 0.2) is 30.3 Å². The summed E-state index contributed by atoms with van der Waals surface area (Å²) in [7, 11) is 0. The first-order valence-electron chi connectivity index (χ1n) is 7.12. The summed E-state index contributed by atoms with van der Waals surface area (Å²) in [6, 6.07) is 10.2. The van der Waals surface area contributed by atoms with Gasteiger partial charge in [-0.1, -0.05) is 18.2 Å². The Morgan fingerprint density at radius 1 is 1.40 bits per heavy atom. The van der Waals surface area contributed by atoms with Crippen molar-refractivity contribution in [2.24, 2.45) is 0 Å². The number of para-hydroxylation sites is 1. The van der Waals surface area contributed by atoms with Crippen LogP contribution in [0, 0.1) is 6.92 Å². The number of carbonyl (C=O) groups is 1. The molecule has 20 heavy (non-hydrogen) atoms. The Morgan fingerprint density at radius 2 is 2.30 bits per heavy atom.